The number of carbonyl (C=O) groups excluding carboxylic acids is 1. The Morgan fingerprint density at radius 3 is 2.55 bits per heavy atom. The van der Waals surface area contributed by atoms with Gasteiger partial charge in [-0.2, -0.15) is 0 Å². The smallest absolute Gasteiger partial charge is 0.269 e. The Morgan fingerprint density at radius 2 is 1.86 bits per heavy atom. The van der Waals surface area contributed by atoms with Gasteiger partial charge in [-0.05, 0) is 24.3 Å². The molecule has 0 bridgehead atoms. The van der Waals surface area contributed by atoms with Crippen LogP contribution in [0.3, 0.4) is 0 Å². The lowest BCUT2D eigenvalue weighted by atomic mass is 10.2. The highest BCUT2D eigenvalue weighted by Crippen LogP contribution is 2.24. The summed E-state index contributed by atoms with van der Waals surface area (Å²) >= 11 is 1.41. The number of benzene rings is 2. The van der Waals surface area contributed by atoms with E-state index in [4.69, 9.17) is 0 Å². The lowest BCUT2D eigenvalue weighted by Crippen LogP contribution is -2.29. The molecule has 2 aromatic carbocycles. The molecular weight excluding hydrogens is 304 g/mol. The molecule has 0 fully saturated rings. The van der Waals surface area contributed by atoms with Crippen LogP contribution in [-0.4, -0.2) is 15.8 Å². The van der Waals surface area contributed by atoms with E-state index in [1.54, 1.807) is 0 Å². The second kappa shape index (κ2) is 5.78. The third-order valence-corrected chi connectivity index (χ3v) is 3.87. The first-order valence-corrected chi connectivity index (χ1v) is 7.11. The highest BCUT2D eigenvalue weighted by atomic mass is 32.1. The molecule has 7 nitrogen and oxygen atoms in total. The first-order chi connectivity index (χ1) is 10.6. The predicted octanol–water partition coefficient (Wildman–Crippen LogP) is 2.96. The van der Waals surface area contributed by atoms with Gasteiger partial charge in [-0.3, -0.25) is 25.8 Å². The Morgan fingerprint density at radius 1 is 1.14 bits per heavy atom. The number of non-ortho nitro benzene ring substituents is 1. The van der Waals surface area contributed by atoms with E-state index in [0.717, 1.165) is 10.2 Å². The Hall–Kier alpha value is -3.00. The summed E-state index contributed by atoms with van der Waals surface area (Å²) in [4.78, 5) is 26.3. The molecule has 8 heteroatoms. The van der Waals surface area contributed by atoms with Crippen molar-refractivity contribution in [1.82, 2.24) is 10.4 Å². The zero-order valence-electron chi connectivity index (χ0n) is 11.1. The molecule has 0 atom stereocenters. The number of aromatic nitrogens is 1. The molecule has 3 rings (SSSR count). The van der Waals surface area contributed by atoms with E-state index in [9.17, 15) is 14.9 Å². The quantitative estimate of drug-likeness (QED) is 0.570. The standard InChI is InChI=1S/C14H10N4O3S/c19-13(9-5-7-10(8-6-9)18(20)21)16-17-14-15-11-3-1-2-4-12(11)22-14/h1-8H,(H,15,17)(H,16,19). The van der Waals surface area contributed by atoms with Crippen molar-refractivity contribution in [2.75, 3.05) is 5.43 Å². The third kappa shape index (κ3) is 2.86. The van der Waals surface area contributed by atoms with Crippen LogP contribution >= 0.6 is 11.3 Å². The Balaban J connectivity index is 1.67. The summed E-state index contributed by atoms with van der Waals surface area (Å²) in [6.45, 7) is 0. The van der Waals surface area contributed by atoms with Gasteiger partial charge < -0.3 is 0 Å². The zero-order chi connectivity index (χ0) is 15.5. The summed E-state index contributed by atoms with van der Waals surface area (Å²) in [5.41, 5.74) is 6.36. The normalized spacial score (nSPS) is 10.4. The fourth-order valence-electron chi connectivity index (χ4n) is 1.84. The minimum atomic E-state index is -0.513. The van der Waals surface area contributed by atoms with Crippen LogP contribution in [0.2, 0.25) is 0 Å². The molecule has 0 saturated heterocycles. The number of nitrogens with one attached hydrogen (secondary N) is 2. The van der Waals surface area contributed by atoms with Crippen molar-refractivity contribution in [2.24, 2.45) is 0 Å². The van der Waals surface area contributed by atoms with Gasteiger partial charge in [-0.25, -0.2) is 4.98 Å². The van der Waals surface area contributed by atoms with Crippen molar-refractivity contribution in [2.45, 2.75) is 0 Å². The van der Waals surface area contributed by atoms with E-state index in [-0.39, 0.29) is 5.69 Å². The largest absolute Gasteiger partial charge is 0.273 e. The summed E-state index contributed by atoms with van der Waals surface area (Å²) in [6.07, 6.45) is 0. The van der Waals surface area contributed by atoms with Crippen molar-refractivity contribution in [3.63, 3.8) is 0 Å². The molecule has 0 aliphatic carbocycles. The molecule has 1 heterocycles. The fraction of sp³-hybridized carbons (Fsp3) is 0. The summed E-state index contributed by atoms with van der Waals surface area (Å²) in [6, 6.07) is 13.0. The number of fused-ring (bicyclic) bond motifs is 1. The number of carbonyl (C=O) groups is 1. The van der Waals surface area contributed by atoms with E-state index in [0.29, 0.717) is 10.7 Å². The van der Waals surface area contributed by atoms with Crippen LogP contribution in [0.1, 0.15) is 10.4 Å². The van der Waals surface area contributed by atoms with E-state index in [1.165, 1.54) is 35.6 Å². The Kier molecular flexibility index (Phi) is 3.67. The maximum absolute atomic E-state index is 11.9. The maximum atomic E-state index is 11.9. The van der Waals surface area contributed by atoms with Crippen LogP contribution in [0.15, 0.2) is 48.5 Å². The van der Waals surface area contributed by atoms with E-state index >= 15 is 0 Å². The lowest BCUT2D eigenvalue weighted by molar-refractivity contribution is -0.384. The molecule has 0 aliphatic heterocycles. The van der Waals surface area contributed by atoms with Gasteiger partial charge >= 0.3 is 0 Å². The van der Waals surface area contributed by atoms with Gasteiger partial charge in [0.15, 0.2) is 0 Å². The van der Waals surface area contributed by atoms with Gasteiger partial charge in [-0.15, -0.1) is 0 Å². The molecule has 2 N–H and O–H groups in total. The molecule has 0 saturated carbocycles. The maximum Gasteiger partial charge on any atom is 0.269 e. The molecular formula is C14H10N4O3S. The number of nitro benzene ring substituents is 1. The van der Waals surface area contributed by atoms with Crippen molar-refractivity contribution >= 4 is 38.3 Å². The number of thiazole rings is 1. The Bertz CT molecular complexity index is 812. The van der Waals surface area contributed by atoms with Crippen LogP contribution in [0.4, 0.5) is 10.8 Å². The summed E-state index contributed by atoms with van der Waals surface area (Å²) in [7, 11) is 0. The van der Waals surface area contributed by atoms with Crippen molar-refractivity contribution in [3.8, 4) is 0 Å². The molecule has 0 aliphatic rings. The van der Waals surface area contributed by atoms with Crippen molar-refractivity contribution in [3.05, 3.63) is 64.2 Å². The number of hydrogen-bond donors (Lipinski definition) is 2. The number of amides is 1. The molecule has 1 amide bonds. The second-order valence-electron chi connectivity index (χ2n) is 4.37. The minimum Gasteiger partial charge on any atom is -0.273 e. The predicted molar refractivity (Wildman–Crippen MR) is 83.8 cm³/mol. The SMILES string of the molecule is O=C(NNc1nc2ccccc2s1)c1ccc([N+](=O)[O-])cc1. The van der Waals surface area contributed by atoms with Gasteiger partial charge in [0.05, 0.1) is 15.1 Å². The molecule has 22 heavy (non-hydrogen) atoms. The van der Waals surface area contributed by atoms with Crippen LogP contribution in [-0.2, 0) is 0 Å². The number of rotatable bonds is 4. The number of nitro groups is 1. The average molecular weight is 314 g/mol. The van der Waals surface area contributed by atoms with Gasteiger partial charge in [0, 0.05) is 17.7 Å². The van der Waals surface area contributed by atoms with Gasteiger partial charge in [0.1, 0.15) is 0 Å². The van der Waals surface area contributed by atoms with E-state index < -0.39 is 10.8 Å². The summed E-state index contributed by atoms with van der Waals surface area (Å²) in [5, 5.41) is 11.1. The molecule has 0 spiro atoms. The average Bonchev–Trinajstić information content (AvgIpc) is 2.95. The highest BCUT2D eigenvalue weighted by molar-refractivity contribution is 7.22. The number of hydrazine groups is 1. The minimum absolute atomic E-state index is 0.0596. The first kappa shape index (κ1) is 14.0. The summed E-state index contributed by atoms with van der Waals surface area (Å²) in [5.74, 6) is -0.394. The van der Waals surface area contributed by atoms with E-state index in [1.807, 2.05) is 24.3 Å². The lowest BCUT2D eigenvalue weighted by Gasteiger charge is -2.05. The van der Waals surface area contributed by atoms with Gasteiger partial charge in [-0.1, -0.05) is 23.5 Å². The monoisotopic (exact) mass is 314 g/mol. The third-order valence-electron chi connectivity index (χ3n) is 2.92. The van der Waals surface area contributed by atoms with Crippen LogP contribution in [0, 0.1) is 10.1 Å². The van der Waals surface area contributed by atoms with Crippen LogP contribution in [0.5, 0.6) is 0 Å². The molecule has 3 aromatic rings. The first-order valence-electron chi connectivity index (χ1n) is 6.30. The van der Waals surface area contributed by atoms with Crippen LogP contribution < -0.4 is 10.9 Å². The van der Waals surface area contributed by atoms with E-state index in [2.05, 4.69) is 15.8 Å². The number of para-hydroxylation sites is 1. The summed E-state index contributed by atoms with van der Waals surface area (Å²) < 4.78 is 1.01. The fourth-order valence-corrected chi connectivity index (χ4v) is 2.66. The molecule has 1 aromatic heterocycles. The second-order valence-corrected chi connectivity index (χ2v) is 5.40. The number of nitrogens with zero attached hydrogens (tertiary/aromatic N) is 2. The van der Waals surface area contributed by atoms with Crippen molar-refractivity contribution < 1.29 is 9.72 Å². The highest BCUT2D eigenvalue weighted by Gasteiger charge is 2.10. The molecule has 0 unspecified atom stereocenters. The molecule has 0 radical (unpaired) electrons. The zero-order valence-corrected chi connectivity index (χ0v) is 12.0. The Labute approximate surface area is 128 Å². The number of anilines is 1. The van der Waals surface area contributed by atoms with Crippen LogP contribution in [0.25, 0.3) is 10.2 Å². The van der Waals surface area contributed by atoms with Crippen molar-refractivity contribution in [1.29, 1.82) is 0 Å². The van der Waals surface area contributed by atoms with Gasteiger partial charge in [0.2, 0.25) is 5.13 Å². The van der Waals surface area contributed by atoms with Gasteiger partial charge in [0.25, 0.3) is 11.6 Å². The topological polar surface area (TPSA) is 97.2 Å². The number of hydrogen-bond acceptors (Lipinski definition) is 6. The molecule has 110 valence electrons.